The number of para-hydroxylation sites is 1. The number of hydrogen-bond acceptors (Lipinski definition) is 4. The smallest absolute Gasteiger partial charge is 0.179 e. The normalized spacial score (nSPS) is 11.5. The Kier molecular flexibility index (Phi) is 2.91. The van der Waals surface area contributed by atoms with Crippen molar-refractivity contribution in [3.8, 4) is 0 Å². The van der Waals surface area contributed by atoms with Gasteiger partial charge in [0.1, 0.15) is 11.0 Å². The van der Waals surface area contributed by atoms with Gasteiger partial charge < -0.3 is 10.2 Å². The third-order valence-corrected chi connectivity index (χ3v) is 3.86. The molecule has 0 fully saturated rings. The fraction of sp³-hybridized carbons (Fsp3) is 0.111. The molecule has 0 aliphatic heterocycles. The molecule has 4 nitrogen and oxygen atoms in total. The molecule has 108 valence electrons. The predicted molar refractivity (Wildman–Crippen MR) is 88.0 cm³/mol. The second-order valence-corrected chi connectivity index (χ2v) is 5.31. The third kappa shape index (κ3) is 1.96. The van der Waals surface area contributed by atoms with Gasteiger partial charge in [-0.05, 0) is 54.2 Å². The Bertz CT molecular complexity index is 1070. The van der Waals surface area contributed by atoms with E-state index in [2.05, 4.69) is 0 Å². The van der Waals surface area contributed by atoms with Gasteiger partial charge >= 0.3 is 0 Å². The van der Waals surface area contributed by atoms with Crippen LogP contribution < -0.4 is 11.2 Å². The maximum absolute atomic E-state index is 11.5. The molecule has 1 heterocycles. The lowest BCUT2D eigenvalue weighted by molar-refractivity contribution is 0.660. The number of fused-ring (bicyclic) bond motifs is 4. The monoisotopic (exact) mass is 290 g/mol. The highest BCUT2D eigenvalue weighted by atomic mass is 16.3. The molecule has 3 aromatic carbocycles. The van der Waals surface area contributed by atoms with Gasteiger partial charge in [0.05, 0.1) is 0 Å². The van der Waals surface area contributed by atoms with Crippen molar-refractivity contribution < 1.29 is 4.42 Å². The first-order chi connectivity index (χ1) is 10.8. The first-order valence-electron chi connectivity index (χ1n) is 7.21. The summed E-state index contributed by atoms with van der Waals surface area (Å²) in [7, 11) is 0. The third-order valence-electron chi connectivity index (χ3n) is 3.86. The zero-order chi connectivity index (χ0) is 15.1. The summed E-state index contributed by atoms with van der Waals surface area (Å²) in [5.74, 6) is 0. The van der Waals surface area contributed by atoms with Gasteiger partial charge in [0.2, 0.25) is 0 Å². The molecule has 0 saturated heterocycles. The lowest BCUT2D eigenvalue weighted by Crippen LogP contribution is -2.03. The topological polar surface area (TPSA) is 69.1 Å². The number of nitrogens with two attached hydrogens (primary N) is 1. The first-order valence-corrected chi connectivity index (χ1v) is 7.21. The number of rotatable bonds is 2. The van der Waals surface area contributed by atoms with E-state index in [0.717, 1.165) is 39.4 Å². The van der Waals surface area contributed by atoms with Gasteiger partial charge in [0.25, 0.3) is 0 Å². The van der Waals surface area contributed by atoms with Gasteiger partial charge in [0.15, 0.2) is 16.6 Å². The van der Waals surface area contributed by atoms with Gasteiger partial charge in [-0.3, -0.25) is 4.79 Å². The highest BCUT2D eigenvalue weighted by molar-refractivity contribution is 6.04. The van der Waals surface area contributed by atoms with Crippen LogP contribution in [0.15, 0.2) is 57.7 Å². The Balaban J connectivity index is 2.12. The molecule has 4 heteroatoms. The minimum Gasteiger partial charge on any atom is -0.452 e. The molecule has 0 spiro atoms. The Morgan fingerprint density at radius 2 is 2.00 bits per heavy atom. The van der Waals surface area contributed by atoms with E-state index in [-0.39, 0.29) is 5.43 Å². The molecule has 0 atom stereocenters. The quantitative estimate of drug-likeness (QED) is 0.455. The van der Waals surface area contributed by atoms with Gasteiger partial charge in [0, 0.05) is 5.39 Å². The van der Waals surface area contributed by atoms with E-state index in [1.54, 1.807) is 18.2 Å². The fourth-order valence-corrected chi connectivity index (χ4v) is 2.83. The summed E-state index contributed by atoms with van der Waals surface area (Å²) in [5.41, 5.74) is 9.81. The second-order valence-electron chi connectivity index (χ2n) is 5.31. The zero-order valence-electron chi connectivity index (χ0n) is 11.9. The van der Waals surface area contributed by atoms with Crippen LogP contribution in [0.25, 0.3) is 33.0 Å². The average Bonchev–Trinajstić information content (AvgIpc) is 2.53. The summed E-state index contributed by atoms with van der Waals surface area (Å²) in [6.07, 6.45) is 0.762. The Hall–Kier alpha value is -2.72. The molecule has 4 rings (SSSR count). The number of nitrogens with zero attached hydrogens (tertiary/aromatic N) is 1. The van der Waals surface area contributed by atoms with Crippen LogP contribution in [-0.2, 0) is 6.42 Å². The molecule has 0 saturated carbocycles. The van der Waals surface area contributed by atoms with Crippen molar-refractivity contribution in [1.29, 1.82) is 0 Å². The van der Waals surface area contributed by atoms with Crippen molar-refractivity contribution in [2.24, 2.45) is 5.73 Å². The highest BCUT2D eigenvalue weighted by Gasteiger charge is 2.09. The molecule has 22 heavy (non-hydrogen) atoms. The lowest BCUT2D eigenvalue weighted by atomic mass is 10.1. The second kappa shape index (κ2) is 4.93. The Morgan fingerprint density at radius 1 is 1.09 bits per heavy atom. The predicted octanol–water partition coefficient (Wildman–Crippen LogP) is 3.00. The van der Waals surface area contributed by atoms with Crippen LogP contribution in [0.2, 0.25) is 0 Å². The summed E-state index contributed by atoms with van der Waals surface area (Å²) >= 11 is 0. The minimum absolute atomic E-state index is 0.00849. The van der Waals surface area contributed by atoms with Gasteiger partial charge in [-0.25, -0.2) is 4.98 Å². The van der Waals surface area contributed by atoms with Crippen LogP contribution in [-0.4, -0.2) is 11.5 Å². The van der Waals surface area contributed by atoms with E-state index in [9.17, 15) is 4.79 Å². The van der Waals surface area contributed by atoms with Crippen molar-refractivity contribution in [2.45, 2.75) is 6.42 Å². The Labute approximate surface area is 126 Å². The van der Waals surface area contributed by atoms with Crippen LogP contribution in [0.3, 0.4) is 0 Å². The SMILES string of the molecule is NCCc1cccc2oc3c(ccc4cc(=O)ccc43)nc12. The van der Waals surface area contributed by atoms with Gasteiger partial charge in [-0.2, -0.15) is 0 Å². The molecule has 0 radical (unpaired) electrons. The minimum atomic E-state index is -0.00849. The summed E-state index contributed by atoms with van der Waals surface area (Å²) in [6, 6.07) is 14.6. The molecular weight excluding hydrogens is 276 g/mol. The number of aromatic nitrogens is 1. The van der Waals surface area contributed by atoms with Crippen LogP contribution in [0, 0.1) is 0 Å². The Morgan fingerprint density at radius 3 is 2.86 bits per heavy atom. The van der Waals surface area contributed by atoms with Gasteiger partial charge in [-0.15, -0.1) is 0 Å². The molecule has 2 N–H and O–H groups in total. The number of hydrogen-bond donors (Lipinski definition) is 1. The van der Waals surface area contributed by atoms with E-state index in [4.69, 9.17) is 15.1 Å². The molecule has 0 aliphatic carbocycles. The van der Waals surface area contributed by atoms with E-state index < -0.39 is 0 Å². The van der Waals surface area contributed by atoms with Crippen molar-refractivity contribution in [3.63, 3.8) is 0 Å². The molecule has 4 aromatic rings. The highest BCUT2D eigenvalue weighted by Crippen LogP contribution is 2.28. The van der Waals surface area contributed by atoms with Crippen LogP contribution >= 0.6 is 0 Å². The van der Waals surface area contributed by atoms with Crippen LogP contribution in [0.1, 0.15) is 5.56 Å². The summed E-state index contributed by atoms with van der Waals surface area (Å²) in [6.45, 7) is 0.572. The molecule has 1 aromatic heterocycles. The van der Waals surface area contributed by atoms with Gasteiger partial charge in [-0.1, -0.05) is 18.2 Å². The van der Waals surface area contributed by atoms with Crippen molar-refractivity contribution in [3.05, 3.63) is 64.3 Å². The molecule has 0 unspecified atom stereocenters. The number of benzene rings is 3. The van der Waals surface area contributed by atoms with Crippen LogP contribution in [0.5, 0.6) is 0 Å². The van der Waals surface area contributed by atoms with Crippen molar-refractivity contribution >= 4 is 33.0 Å². The zero-order valence-corrected chi connectivity index (χ0v) is 11.9. The molecule has 0 aliphatic rings. The maximum atomic E-state index is 11.5. The molecule has 0 bridgehead atoms. The summed E-state index contributed by atoms with van der Waals surface area (Å²) in [5, 5.41) is 1.76. The average molecular weight is 290 g/mol. The largest absolute Gasteiger partial charge is 0.452 e. The lowest BCUT2D eigenvalue weighted by Gasteiger charge is -2.07. The summed E-state index contributed by atoms with van der Waals surface area (Å²) < 4.78 is 6.08. The molecule has 0 amide bonds. The van der Waals surface area contributed by atoms with E-state index in [0.29, 0.717) is 12.1 Å². The standard InChI is InChI=1S/C18H14N2O2/c19-9-8-11-2-1-3-16-17(11)20-15-7-4-12-10-13(21)5-6-14(12)18(15)22-16/h1-7,10H,8-9,19H2. The summed E-state index contributed by atoms with van der Waals surface area (Å²) in [4.78, 5) is 16.2. The van der Waals surface area contributed by atoms with Crippen molar-refractivity contribution in [2.75, 3.05) is 6.54 Å². The van der Waals surface area contributed by atoms with E-state index in [1.165, 1.54) is 0 Å². The fourth-order valence-electron chi connectivity index (χ4n) is 2.83. The van der Waals surface area contributed by atoms with Crippen molar-refractivity contribution in [1.82, 2.24) is 4.98 Å². The van der Waals surface area contributed by atoms with E-state index in [1.807, 2.05) is 30.3 Å². The van der Waals surface area contributed by atoms with E-state index >= 15 is 0 Å². The van der Waals surface area contributed by atoms with Crippen LogP contribution in [0.4, 0.5) is 0 Å². The molecular formula is C18H14N2O2. The first kappa shape index (κ1) is 13.0. The maximum Gasteiger partial charge on any atom is 0.179 e.